The Morgan fingerprint density at radius 2 is 0.969 bits per heavy atom. The van der Waals surface area contributed by atoms with Crippen molar-refractivity contribution in [2.75, 3.05) is 19.8 Å². The van der Waals surface area contributed by atoms with Gasteiger partial charge in [-0.3, -0.25) is 9.59 Å². The van der Waals surface area contributed by atoms with E-state index in [2.05, 4.69) is 19.2 Å². The van der Waals surface area contributed by atoms with Gasteiger partial charge in [-0.15, -0.1) is 0 Å². The standard InChI is InChI=1S/C54H103NO10/c1-3-5-7-9-11-13-15-21-24-28-32-36-40-47(57)46(45-64-54-53(62)52(61)51(60)48(44-56)65-54)55-49(58)41-37-33-29-25-22-18-16-17-19-23-27-31-35-39-43-63-50(59)42-38-34-30-26-20-14-12-10-8-6-4-2/h36,40,46-48,51-54,56-57,60-62H,3-35,37-39,41-45H2,1-2H3,(H,55,58)/b40-36+. The van der Waals surface area contributed by atoms with E-state index in [1.165, 1.54) is 161 Å². The van der Waals surface area contributed by atoms with E-state index in [0.717, 1.165) is 70.6 Å². The summed E-state index contributed by atoms with van der Waals surface area (Å²) in [6.45, 7) is 4.30. The molecule has 65 heavy (non-hydrogen) atoms. The third-order valence-corrected chi connectivity index (χ3v) is 13.2. The lowest BCUT2D eigenvalue weighted by molar-refractivity contribution is -0.302. The minimum atomic E-state index is -1.57. The molecule has 0 aromatic rings. The predicted octanol–water partition coefficient (Wildman–Crippen LogP) is 11.6. The molecule has 1 saturated heterocycles. The molecule has 0 radical (unpaired) electrons. The smallest absolute Gasteiger partial charge is 0.305 e. The largest absolute Gasteiger partial charge is 0.466 e. The average Bonchev–Trinajstić information content (AvgIpc) is 3.30. The van der Waals surface area contributed by atoms with Gasteiger partial charge in [-0.2, -0.15) is 0 Å². The van der Waals surface area contributed by atoms with Crippen LogP contribution in [-0.4, -0.2) is 100 Å². The maximum Gasteiger partial charge on any atom is 0.305 e. The number of hydrogen-bond donors (Lipinski definition) is 6. The molecule has 0 aromatic heterocycles. The molecule has 0 saturated carbocycles. The van der Waals surface area contributed by atoms with Crippen LogP contribution in [0.15, 0.2) is 12.2 Å². The van der Waals surface area contributed by atoms with Gasteiger partial charge >= 0.3 is 5.97 Å². The van der Waals surface area contributed by atoms with E-state index in [1.807, 2.05) is 6.08 Å². The summed E-state index contributed by atoms with van der Waals surface area (Å²) in [4.78, 5) is 25.0. The number of hydrogen-bond acceptors (Lipinski definition) is 10. The van der Waals surface area contributed by atoms with Crippen LogP contribution in [0.4, 0.5) is 0 Å². The summed E-state index contributed by atoms with van der Waals surface area (Å²) in [5, 5.41) is 54.3. The van der Waals surface area contributed by atoms with Gasteiger partial charge in [0, 0.05) is 12.8 Å². The first-order valence-corrected chi connectivity index (χ1v) is 27.5. The number of carbonyl (C=O) groups excluding carboxylic acids is 2. The third-order valence-electron chi connectivity index (χ3n) is 13.2. The second-order valence-corrected chi connectivity index (χ2v) is 19.3. The normalized spacial score (nSPS) is 19.8. The highest BCUT2D eigenvalue weighted by Crippen LogP contribution is 2.23. The molecule has 1 rings (SSSR count). The summed E-state index contributed by atoms with van der Waals surface area (Å²) < 4.78 is 16.7. The summed E-state index contributed by atoms with van der Waals surface area (Å²) in [6.07, 6.45) is 39.9. The van der Waals surface area contributed by atoms with Crippen LogP contribution in [-0.2, 0) is 23.8 Å². The van der Waals surface area contributed by atoms with Crippen molar-refractivity contribution in [3.05, 3.63) is 12.2 Å². The fourth-order valence-electron chi connectivity index (χ4n) is 8.73. The number of amides is 1. The van der Waals surface area contributed by atoms with E-state index < -0.39 is 49.5 Å². The Morgan fingerprint density at radius 1 is 0.554 bits per heavy atom. The van der Waals surface area contributed by atoms with Crippen molar-refractivity contribution < 1.29 is 49.3 Å². The summed E-state index contributed by atoms with van der Waals surface area (Å²) >= 11 is 0. The van der Waals surface area contributed by atoms with Gasteiger partial charge < -0.3 is 45.1 Å². The number of unbranched alkanes of at least 4 members (excludes halogenated alkanes) is 33. The van der Waals surface area contributed by atoms with Crippen LogP contribution in [0.5, 0.6) is 0 Å². The van der Waals surface area contributed by atoms with Crippen LogP contribution in [0.2, 0.25) is 0 Å². The zero-order valence-corrected chi connectivity index (χ0v) is 42.0. The molecule has 1 amide bonds. The highest BCUT2D eigenvalue weighted by atomic mass is 16.7. The zero-order chi connectivity index (χ0) is 47.4. The summed E-state index contributed by atoms with van der Waals surface area (Å²) in [5.41, 5.74) is 0. The first kappa shape index (κ1) is 61.4. The summed E-state index contributed by atoms with van der Waals surface area (Å²) in [6, 6.07) is -0.816. The van der Waals surface area contributed by atoms with Crippen LogP contribution < -0.4 is 5.32 Å². The first-order valence-electron chi connectivity index (χ1n) is 27.5. The fourth-order valence-corrected chi connectivity index (χ4v) is 8.73. The zero-order valence-electron chi connectivity index (χ0n) is 42.0. The van der Waals surface area contributed by atoms with E-state index in [9.17, 15) is 35.1 Å². The number of carbonyl (C=O) groups is 2. The highest BCUT2D eigenvalue weighted by Gasteiger charge is 2.44. The lowest BCUT2D eigenvalue weighted by Gasteiger charge is -2.40. The quantitative estimate of drug-likeness (QED) is 0.0196. The number of esters is 1. The maximum absolute atomic E-state index is 13.0. The van der Waals surface area contributed by atoms with Crippen LogP contribution in [0.25, 0.3) is 0 Å². The number of allylic oxidation sites excluding steroid dienone is 1. The molecule has 7 atom stereocenters. The minimum absolute atomic E-state index is 0.0229. The first-order chi connectivity index (χ1) is 31.7. The van der Waals surface area contributed by atoms with Crippen molar-refractivity contribution in [2.45, 2.75) is 301 Å². The summed E-state index contributed by atoms with van der Waals surface area (Å²) in [7, 11) is 0. The molecule has 1 fully saturated rings. The van der Waals surface area contributed by atoms with Crippen LogP contribution >= 0.6 is 0 Å². The predicted molar refractivity (Wildman–Crippen MR) is 265 cm³/mol. The van der Waals surface area contributed by atoms with E-state index in [1.54, 1.807) is 6.08 Å². The van der Waals surface area contributed by atoms with Crippen molar-refractivity contribution in [1.82, 2.24) is 5.32 Å². The molecular weight excluding hydrogens is 823 g/mol. The molecule has 0 aromatic carbocycles. The maximum atomic E-state index is 13.0. The topological polar surface area (TPSA) is 175 Å². The Labute approximate surface area is 398 Å². The van der Waals surface area contributed by atoms with Gasteiger partial charge in [-0.1, -0.05) is 225 Å². The molecular formula is C54H103NO10. The van der Waals surface area contributed by atoms with Crippen LogP contribution in [0.3, 0.4) is 0 Å². The van der Waals surface area contributed by atoms with E-state index in [0.29, 0.717) is 19.4 Å². The molecule has 11 nitrogen and oxygen atoms in total. The van der Waals surface area contributed by atoms with Gasteiger partial charge in [0.15, 0.2) is 6.29 Å². The van der Waals surface area contributed by atoms with E-state index >= 15 is 0 Å². The molecule has 11 heteroatoms. The van der Waals surface area contributed by atoms with Gasteiger partial charge in [0.05, 0.1) is 32.0 Å². The number of aliphatic hydroxyl groups is 5. The van der Waals surface area contributed by atoms with E-state index in [-0.39, 0.29) is 18.5 Å². The van der Waals surface area contributed by atoms with Crippen LogP contribution in [0, 0.1) is 0 Å². The number of nitrogens with one attached hydrogen (secondary N) is 1. The van der Waals surface area contributed by atoms with Gasteiger partial charge in [-0.05, 0) is 32.1 Å². The Morgan fingerprint density at radius 3 is 1.43 bits per heavy atom. The molecule has 384 valence electrons. The van der Waals surface area contributed by atoms with Crippen molar-refractivity contribution in [2.24, 2.45) is 0 Å². The van der Waals surface area contributed by atoms with Gasteiger partial charge in [0.25, 0.3) is 0 Å². The Hall–Kier alpha value is -1.60. The molecule has 0 bridgehead atoms. The number of rotatable bonds is 47. The lowest BCUT2D eigenvalue weighted by atomic mass is 9.99. The van der Waals surface area contributed by atoms with Gasteiger partial charge in [-0.25, -0.2) is 0 Å². The molecule has 1 aliphatic rings. The van der Waals surface area contributed by atoms with Crippen molar-refractivity contribution >= 4 is 11.9 Å². The number of ether oxygens (including phenoxy) is 3. The van der Waals surface area contributed by atoms with E-state index in [4.69, 9.17) is 14.2 Å². The molecule has 1 aliphatic heterocycles. The highest BCUT2D eigenvalue weighted by molar-refractivity contribution is 5.76. The second kappa shape index (κ2) is 44.9. The van der Waals surface area contributed by atoms with Crippen LogP contribution in [0.1, 0.15) is 258 Å². The minimum Gasteiger partial charge on any atom is -0.466 e. The number of aliphatic hydroxyl groups excluding tert-OH is 5. The third kappa shape index (κ3) is 35.2. The SMILES string of the molecule is CCCCCCCCCCCC/C=C/C(O)C(COC1OC(CO)C(O)C(O)C1O)NC(=O)CCCCCCCCCCCCCCCCOC(=O)CCCCCCCCCCCCC. The van der Waals surface area contributed by atoms with Crippen molar-refractivity contribution in [1.29, 1.82) is 0 Å². The Bertz CT molecular complexity index is 1090. The lowest BCUT2D eigenvalue weighted by Crippen LogP contribution is -2.60. The Balaban J connectivity index is 2.15. The molecule has 0 spiro atoms. The van der Waals surface area contributed by atoms with Crippen molar-refractivity contribution in [3.8, 4) is 0 Å². The van der Waals surface area contributed by atoms with Gasteiger partial charge in [0.2, 0.25) is 5.91 Å². The molecule has 0 aliphatic carbocycles. The summed E-state index contributed by atoms with van der Waals surface area (Å²) in [5.74, 6) is -0.215. The molecule has 6 N–H and O–H groups in total. The monoisotopic (exact) mass is 926 g/mol. The molecule has 7 unspecified atom stereocenters. The Kier molecular flexibility index (Phi) is 42.4. The van der Waals surface area contributed by atoms with Crippen molar-refractivity contribution in [3.63, 3.8) is 0 Å². The molecule has 1 heterocycles. The second-order valence-electron chi connectivity index (χ2n) is 19.3. The van der Waals surface area contributed by atoms with Gasteiger partial charge in [0.1, 0.15) is 24.4 Å². The fraction of sp³-hybridized carbons (Fsp3) is 0.926. The average molecular weight is 926 g/mol.